The van der Waals surface area contributed by atoms with Crippen molar-refractivity contribution >= 4 is 11.9 Å². The van der Waals surface area contributed by atoms with Crippen LogP contribution in [0.5, 0.6) is 0 Å². The Kier molecular flexibility index (Phi) is 6.49. The van der Waals surface area contributed by atoms with E-state index in [1.54, 1.807) is 6.92 Å². The molecule has 0 bridgehead atoms. The van der Waals surface area contributed by atoms with Gasteiger partial charge in [-0.15, -0.1) is 0 Å². The summed E-state index contributed by atoms with van der Waals surface area (Å²) in [6, 6.07) is -1.14. The normalized spacial score (nSPS) is 34.2. The van der Waals surface area contributed by atoms with E-state index in [1.807, 2.05) is 0 Å². The number of ether oxygens (including phenoxy) is 2. The van der Waals surface area contributed by atoms with Crippen molar-refractivity contribution < 1.29 is 39.5 Å². The van der Waals surface area contributed by atoms with Gasteiger partial charge in [0, 0.05) is 6.42 Å². The number of aliphatic carboxylic acids is 1. The molecule has 0 saturated carbocycles. The maximum atomic E-state index is 11.5. The van der Waals surface area contributed by atoms with Crippen LogP contribution in [0.4, 0.5) is 0 Å². The zero-order chi connectivity index (χ0) is 16.2. The molecule has 0 aliphatic carbocycles. The summed E-state index contributed by atoms with van der Waals surface area (Å²) >= 11 is 0. The fraction of sp³-hybridized carbons (Fsp3) is 0.833. The summed E-state index contributed by atoms with van der Waals surface area (Å²) in [5.41, 5.74) is 0. The first-order valence-electron chi connectivity index (χ1n) is 6.61. The Morgan fingerprint density at radius 3 is 2.48 bits per heavy atom. The predicted octanol–water partition coefficient (Wildman–Crippen LogP) is -2.19. The summed E-state index contributed by atoms with van der Waals surface area (Å²) < 4.78 is 10.2. The number of carboxylic acid groups (broad SMARTS) is 1. The third-order valence-electron chi connectivity index (χ3n) is 3.23. The van der Waals surface area contributed by atoms with Crippen molar-refractivity contribution in [2.75, 3.05) is 6.61 Å². The number of aliphatic hydroxyl groups excluding tert-OH is 3. The van der Waals surface area contributed by atoms with Crippen LogP contribution in [0.1, 0.15) is 20.3 Å². The van der Waals surface area contributed by atoms with Crippen LogP contribution in [0, 0.1) is 0 Å². The molecule has 6 atom stereocenters. The summed E-state index contributed by atoms with van der Waals surface area (Å²) in [6.45, 7) is 2.26. The standard InChI is InChI=1S/C12H21NO8/c1-3-7(15)13-8-10(20-5(2)11(17)18)9(16)6(4-14)21-12(8)19/h5-6,8-10,12,14,16,19H,3-4H2,1-2H3,(H,13,15)(H,17,18)/t5-,6-,8-,9-,10-,12?/m1/s1. The number of carbonyl (C=O) groups excluding carboxylic acids is 1. The van der Waals surface area contributed by atoms with Crippen molar-refractivity contribution in [3.05, 3.63) is 0 Å². The first-order chi connectivity index (χ1) is 9.81. The van der Waals surface area contributed by atoms with Crippen LogP contribution in [0.15, 0.2) is 0 Å². The molecule has 0 radical (unpaired) electrons. The molecule has 1 fully saturated rings. The summed E-state index contributed by atoms with van der Waals surface area (Å²) in [7, 11) is 0. The van der Waals surface area contributed by atoms with Gasteiger partial charge in [-0.05, 0) is 6.92 Å². The van der Waals surface area contributed by atoms with E-state index in [0.29, 0.717) is 0 Å². The average molecular weight is 307 g/mol. The number of aliphatic hydroxyl groups is 3. The van der Waals surface area contributed by atoms with E-state index in [2.05, 4.69) is 5.32 Å². The Morgan fingerprint density at radius 2 is 2.00 bits per heavy atom. The Hall–Kier alpha value is -1.26. The molecule has 122 valence electrons. The molecule has 1 aliphatic rings. The van der Waals surface area contributed by atoms with Crippen molar-refractivity contribution in [3.8, 4) is 0 Å². The number of amides is 1. The number of hydrogen-bond donors (Lipinski definition) is 5. The fourth-order valence-corrected chi connectivity index (χ4v) is 1.98. The van der Waals surface area contributed by atoms with E-state index in [1.165, 1.54) is 6.92 Å². The van der Waals surface area contributed by atoms with Crippen molar-refractivity contribution in [3.63, 3.8) is 0 Å². The maximum Gasteiger partial charge on any atom is 0.332 e. The molecule has 1 heterocycles. The zero-order valence-corrected chi connectivity index (χ0v) is 11.8. The van der Waals surface area contributed by atoms with Gasteiger partial charge in [-0.1, -0.05) is 6.92 Å². The molecule has 1 saturated heterocycles. The van der Waals surface area contributed by atoms with Gasteiger partial charge in [0.05, 0.1) is 6.61 Å². The second-order valence-electron chi connectivity index (χ2n) is 4.77. The van der Waals surface area contributed by atoms with Crippen LogP contribution in [0.2, 0.25) is 0 Å². The molecular formula is C12H21NO8. The smallest absolute Gasteiger partial charge is 0.332 e. The van der Waals surface area contributed by atoms with Gasteiger partial charge in [0.25, 0.3) is 0 Å². The number of nitrogens with one attached hydrogen (secondary N) is 1. The summed E-state index contributed by atoms with van der Waals surface area (Å²) in [6.07, 6.45) is -6.44. The van der Waals surface area contributed by atoms with Crippen LogP contribution in [-0.2, 0) is 19.1 Å². The lowest BCUT2D eigenvalue weighted by molar-refractivity contribution is -0.267. The fourth-order valence-electron chi connectivity index (χ4n) is 1.98. The Bertz CT molecular complexity index is 376. The highest BCUT2D eigenvalue weighted by Crippen LogP contribution is 2.23. The molecule has 0 aromatic rings. The molecular weight excluding hydrogens is 286 g/mol. The van der Waals surface area contributed by atoms with Crippen LogP contribution in [0.25, 0.3) is 0 Å². The quantitative estimate of drug-likeness (QED) is 0.372. The largest absolute Gasteiger partial charge is 0.479 e. The average Bonchev–Trinajstić information content (AvgIpc) is 2.45. The van der Waals surface area contributed by atoms with Gasteiger partial charge in [0.15, 0.2) is 12.4 Å². The van der Waals surface area contributed by atoms with E-state index in [0.717, 1.165) is 0 Å². The number of carbonyl (C=O) groups is 2. The van der Waals surface area contributed by atoms with Crippen LogP contribution < -0.4 is 5.32 Å². The van der Waals surface area contributed by atoms with E-state index in [9.17, 15) is 19.8 Å². The van der Waals surface area contributed by atoms with Gasteiger partial charge in [-0.3, -0.25) is 4.79 Å². The second kappa shape index (κ2) is 7.66. The minimum Gasteiger partial charge on any atom is -0.479 e. The number of hydrogen-bond acceptors (Lipinski definition) is 7. The van der Waals surface area contributed by atoms with Crippen molar-refractivity contribution in [2.45, 2.75) is 57.0 Å². The molecule has 1 amide bonds. The van der Waals surface area contributed by atoms with Gasteiger partial charge >= 0.3 is 5.97 Å². The SMILES string of the molecule is CCC(=O)N[C@H]1C(O)O[C@H](CO)[C@@H](O)[C@@H]1O[C@H](C)C(=O)O. The third kappa shape index (κ3) is 4.35. The van der Waals surface area contributed by atoms with Crippen LogP contribution in [-0.4, -0.2) is 75.7 Å². The molecule has 0 aromatic heterocycles. The van der Waals surface area contributed by atoms with Gasteiger partial charge < -0.3 is 35.2 Å². The van der Waals surface area contributed by atoms with Crippen molar-refractivity contribution in [1.29, 1.82) is 0 Å². The van der Waals surface area contributed by atoms with Gasteiger partial charge in [0.1, 0.15) is 24.4 Å². The lowest BCUT2D eigenvalue weighted by Gasteiger charge is -2.43. The molecule has 9 nitrogen and oxygen atoms in total. The van der Waals surface area contributed by atoms with E-state index in [4.69, 9.17) is 19.7 Å². The lowest BCUT2D eigenvalue weighted by atomic mass is 9.96. The van der Waals surface area contributed by atoms with Gasteiger partial charge in [-0.25, -0.2) is 4.79 Å². The van der Waals surface area contributed by atoms with Crippen molar-refractivity contribution in [1.82, 2.24) is 5.32 Å². The second-order valence-corrected chi connectivity index (χ2v) is 4.77. The number of rotatable bonds is 6. The first-order valence-corrected chi connectivity index (χ1v) is 6.61. The van der Waals surface area contributed by atoms with Crippen LogP contribution in [0.3, 0.4) is 0 Å². The van der Waals surface area contributed by atoms with Gasteiger partial charge in [0.2, 0.25) is 5.91 Å². The molecule has 5 N–H and O–H groups in total. The molecule has 1 aliphatic heterocycles. The van der Waals surface area contributed by atoms with Crippen molar-refractivity contribution in [2.24, 2.45) is 0 Å². The highest BCUT2D eigenvalue weighted by Gasteiger charge is 2.46. The maximum absolute atomic E-state index is 11.5. The van der Waals surface area contributed by atoms with Gasteiger partial charge in [-0.2, -0.15) is 0 Å². The Morgan fingerprint density at radius 1 is 1.38 bits per heavy atom. The minimum atomic E-state index is -1.54. The topological polar surface area (TPSA) is 146 Å². The predicted molar refractivity (Wildman–Crippen MR) is 68.2 cm³/mol. The Balaban J connectivity index is 2.93. The summed E-state index contributed by atoms with van der Waals surface area (Å²) in [5.74, 6) is -1.68. The molecule has 0 aromatic carbocycles. The monoisotopic (exact) mass is 307 g/mol. The minimum absolute atomic E-state index is 0.129. The third-order valence-corrected chi connectivity index (χ3v) is 3.23. The van der Waals surface area contributed by atoms with Crippen LogP contribution >= 0.6 is 0 Å². The molecule has 1 unspecified atom stereocenters. The molecule has 9 heteroatoms. The zero-order valence-electron chi connectivity index (χ0n) is 11.8. The van der Waals surface area contributed by atoms with E-state index >= 15 is 0 Å². The number of carboxylic acids is 1. The first kappa shape index (κ1) is 17.8. The molecule has 0 spiro atoms. The molecule has 21 heavy (non-hydrogen) atoms. The van der Waals surface area contributed by atoms with E-state index in [-0.39, 0.29) is 6.42 Å². The molecule has 1 rings (SSSR count). The Labute approximate surface area is 121 Å². The van der Waals surface area contributed by atoms with E-state index < -0.39 is 55.2 Å². The highest BCUT2D eigenvalue weighted by molar-refractivity contribution is 5.76. The lowest BCUT2D eigenvalue weighted by Crippen LogP contribution is -2.65. The summed E-state index contributed by atoms with van der Waals surface area (Å²) in [5, 5.41) is 40.3. The summed E-state index contributed by atoms with van der Waals surface area (Å²) in [4.78, 5) is 22.3. The highest BCUT2D eigenvalue weighted by atomic mass is 16.6.